The fourth-order valence-electron chi connectivity index (χ4n) is 1.09. The molecule has 0 amide bonds. The molecule has 0 aliphatic heterocycles. The number of hydrogen-bond donors (Lipinski definition) is 0. The number of esters is 1. The molecule has 0 atom stereocenters. The lowest BCUT2D eigenvalue weighted by molar-refractivity contribution is 0.0475. The van der Waals surface area contributed by atoms with E-state index >= 15 is 0 Å². The highest BCUT2D eigenvalue weighted by Crippen LogP contribution is 2.27. The van der Waals surface area contributed by atoms with Gasteiger partial charge in [-0.3, -0.25) is 0 Å². The zero-order valence-corrected chi connectivity index (χ0v) is 10.4. The van der Waals surface area contributed by atoms with E-state index in [1.807, 2.05) is 0 Å². The van der Waals surface area contributed by atoms with Gasteiger partial charge >= 0.3 is 11.9 Å². The second kappa shape index (κ2) is 5.74. The SMILES string of the molecule is CCOC(=O)c1nnc(Sc2ncc(F)cc2F)o1. The number of halogens is 2. The standard InChI is InChI=1S/C10H7F2N3O3S/c1-2-17-9(16)7-14-15-10(18-7)19-8-6(12)3-5(11)4-13-8/h3-4H,2H2,1H3. The van der Waals surface area contributed by atoms with Gasteiger partial charge in [0, 0.05) is 6.07 Å². The number of ether oxygens (including phenoxy) is 1. The molecule has 0 bridgehead atoms. The van der Waals surface area contributed by atoms with E-state index in [0.717, 1.165) is 6.20 Å². The van der Waals surface area contributed by atoms with Crippen LogP contribution in [0.4, 0.5) is 8.78 Å². The van der Waals surface area contributed by atoms with Crippen LogP contribution >= 0.6 is 11.8 Å². The average molecular weight is 287 g/mol. The van der Waals surface area contributed by atoms with Gasteiger partial charge < -0.3 is 9.15 Å². The molecule has 0 aliphatic rings. The summed E-state index contributed by atoms with van der Waals surface area (Å²) in [4.78, 5) is 14.8. The van der Waals surface area contributed by atoms with Gasteiger partial charge in [-0.1, -0.05) is 5.10 Å². The number of pyridine rings is 1. The molecule has 2 heterocycles. The van der Waals surface area contributed by atoms with Gasteiger partial charge in [-0.2, -0.15) is 0 Å². The number of aromatic nitrogens is 3. The molecule has 0 radical (unpaired) electrons. The maximum absolute atomic E-state index is 13.3. The Kier molecular flexibility index (Phi) is 4.05. The van der Waals surface area contributed by atoms with Crippen molar-refractivity contribution >= 4 is 17.7 Å². The number of nitrogens with zero attached hydrogens (tertiary/aromatic N) is 3. The van der Waals surface area contributed by atoms with E-state index in [2.05, 4.69) is 19.9 Å². The average Bonchev–Trinajstić information content (AvgIpc) is 2.82. The summed E-state index contributed by atoms with van der Waals surface area (Å²) in [6.07, 6.45) is 0.855. The van der Waals surface area contributed by atoms with E-state index in [-0.39, 0.29) is 22.7 Å². The second-order valence-corrected chi connectivity index (χ2v) is 4.08. The smallest absolute Gasteiger partial charge is 0.396 e. The van der Waals surface area contributed by atoms with E-state index in [0.29, 0.717) is 17.8 Å². The quantitative estimate of drug-likeness (QED) is 0.796. The molecule has 0 N–H and O–H groups in total. The monoisotopic (exact) mass is 287 g/mol. The van der Waals surface area contributed by atoms with Crippen molar-refractivity contribution in [3.63, 3.8) is 0 Å². The summed E-state index contributed by atoms with van der Waals surface area (Å²) in [5, 5.41) is 6.73. The topological polar surface area (TPSA) is 78.1 Å². The van der Waals surface area contributed by atoms with Crippen LogP contribution in [0.1, 0.15) is 17.6 Å². The van der Waals surface area contributed by atoms with Gasteiger partial charge in [-0.15, -0.1) is 5.10 Å². The lowest BCUT2D eigenvalue weighted by Crippen LogP contribution is -2.04. The molecule has 2 aromatic heterocycles. The maximum atomic E-state index is 13.3. The Bertz CT molecular complexity index is 605. The van der Waals surface area contributed by atoms with Gasteiger partial charge in [0.15, 0.2) is 5.82 Å². The first kappa shape index (κ1) is 13.4. The van der Waals surface area contributed by atoms with Crippen molar-refractivity contribution in [1.29, 1.82) is 0 Å². The van der Waals surface area contributed by atoms with Gasteiger partial charge in [0.25, 0.3) is 5.22 Å². The summed E-state index contributed by atoms with van der Waals surface area (Å²) in [7, 11) is 0. The summed E-state index contributed by atoms with van der Waals surface area (Å²) < 4.78 is 35.6. The molecule has 0 saturated heterocycles. The van der Waals surface area contributed by atoms with Crippen molar-refractivity contribution < 1.29 is 22.7 Å². The summed E-state index contributed by atoms with van der Waals surface area (Å²) >= 11 is 0.678. The Morgan fingerprint density at radius 1 is 1.47 bits per heavy atom. The van der Waals surface area contributed by atoms with Crippen molar-refractivity contribution in [2.24, 2.45) is 0 Å². The molecular formula is C10H7F2N3O3S. The predicted octanol–water partition coefficient (Wildman–Crippen LogP) is 2.07. The number of hydrogen-bond acceptors (Lipinski definition) is 7. The molecule has 0 aromatic carbocycles. The van der Waals surface area contributed by atoms with Crippen LogP contribution in [0, 0.1) is 11.6 Å². The lowest BCUT2D eigenvalue weighted by Gasteiger charge is -1.97. The molecule has 0 saturated carbocycles. The third-order valence-electron chi connectivity index (χ3n) is 1.81. The van der Waals surface area contributed by atoms with Crippen LogP contribution in [0.15, 0.2) is 26.9 Å². The van der Waals surface area contributed by atoms with Crippen molar-refractivity contribution in [2.45, 2.75) is 17.2 Å². The molecule has 0 aliphatic carbocycles. The van der Waals surface area contributed by atoms with Gasteiger partial charge in [0.05, 0.1) is 12.8 Å². The first-order valence-corrected chi connectivity index (χ1v) is 5.91. The number of carbonyl (C=O) groups excluding carboxylic acids is 1. The van der Waals surface area contributed by atoms with Gasteiger partial charge in [0.2, 0.25) is 0 Å². The Labute approximate surface area is 110 Å². The minimum absolute atomic E-state index is 0.0962. The molecular weight excluding hydrogens is 280 g/mol. The van der Waals surface area contributed by atoms with Crippen LogP contribution in [0.25, 0.3) is 0 Å². The highest BCUT2D eigenvalue weighted by molar-refractivity contribution is 7.99. The van der Waals surface area contributed by atoms with Crippen LogP contribution in [0.5, 0.6) is 0 Å². The molecule has 0 spiro atoms. The summed E-state index contributed by atoms with van der Waals surface area (Å²) in [5.41, 5.74) is 0. The van der Waals surface area contributed by atoms with Crippen molar-refractivity contribution in [3.8, 4) is 0 Å². The number of rotatable bonds is 4. The van der Waals surface area contributed by atoms with Crippen molar-refractivity contribution in [1.82, 2.24) is 15.2 Å². The Morgan fingerprint density at radius 3 is 2.95 bits per heavy atom. The summed E-state index contributed by atoms with van der Waals surface area (Å²) in [5.74, 6) is -2.76. The van der Waals surface area contributed by atoms with Crippen LogP contribution in [0.2, 0.25) is 0 Å². The van der Waals surface area contributed by atoms with Crippen LogP contribution in [-0.4, -0.2) is 27.8 Å². The minimum atomic E-state index is -0.860. The van der Waals surface area contributed by atoms with E-state index < -0.39 is 17.6 Å². The second-order valence-electron chi connectivity index (χ2n) is 3.14. The van der Waals surface area contributed by atoms with Gasteiger partial charge in [-0.25, -0.2) is 18.6 Å². The molecule has 6 nitrogen and oxygen atoms in total. The highest BCUT2D eigenvalue weighted by atomic mass is 32.2. The Morgan fingerprint density at radius 2 is 2.26 bits per heavy atom. The molecule has 100 valence electrons. The molecule has 2 aromatic rings. The van der Waals surface area contributed by atoms with Crippen LogP contribution < -0.4 is 0 Å². The zero-order valence-electron chi connectivity index (χ0n) is 9.59. The van der Waals surface area contributed by atoms with E-state index in [1.54, 1.807) is 6.92 Å². The largest absolute Gasteiger partial charge is 0.459 e. The molecule has 19 heavy (non-hydrogen) atoms. The molecule has 2 rings (SSSR count). The van der Waals surface area contributed by atoms with Crippen molar-refractivity contribution in [2.75, 3.05) is 6.61 Å². The summed E-state index contributed by atoms with van der Waals surface area (Å²) in [6, 6.07) is 0.679. The Hall–Kier alpha value is -2.03. The third kappa shape index (κ3) is 3.25. The fraction of sp³-hybridized carbons (Fsp3) is 0.200. The fourth-order valence-corrected chi connectivity index (χ4v) is 1.72. The van der Waals surface area contributed by atoms with Crippen LogP contribution in [-0.2, 0) is 4.74 Å². The maximum Gasteiger partial charge on any atom is 0.396 e. The Balaban J connectivity index is 2.13. The van der Waals surface area contributed by atoms with Crippen LogP contribution in [0.3, 0.4) is 0 Å². The lowest BCUT2D eigenvalue weighted by atomic mass is 10.5. The first-order valence-electron chi connectivity index (χ1n) is 5.09. The van der Waals surface area contributed by atoms with E-state index in [4.69, 9.17) is 4.42 Å². The van der Waals surface area contributed by atoms with Gasteiger partial charge in [-0.05, 0) is 18.7 Å². The highest BCUT2D eigenvalue weighted by Gasteiger charge is 2.18. The van der Waals surface area contributed by atoms with Gasteiger partial charge in [0.1, 0.15) is 10.8 Å². The van der Waals surface area contributed by atoms with Crippen molar-refractivity contribution in [3.05, 3.63) is 29.8 Å². The normalized spacial score (nSPS) is 10.5. The molecule has 0 unspecified atom stereocenters. The van der Waals surface area contributed by atoms with E-state index in [9.17, 15) is 13.6 Å². The molecule has 0 fully saturated rings. The predicted molar refractivity (Wildman–Crippen MR) is 58.5 cm³/mol. The molecule has 9 heteroatoms. The zero-order chi connectivity index (χ0) is 13.8. The third-order valence-corrected chi connectivity index (χ3v) is 2.65. The number of carbonyl (C=O) groups is 1. The minimum Gasteiger partial charge on any atom is -0.459 e. The van der Waals surface area contributed by atoms with E-state index in [1.165, 1.54) is 0 Å². The summed E-state index contributed by atoms with van der Waals surface area (Å²) in [6.45, 7) is 1.79. The first-order chi connectivity index (χ1) is 9.10.